The fourth-order valence-electron chi connectivity index (χ4n) is 3.74. The predicted octanol–water partition coefficient (Wildman–Crippen LogP) is 2.73. The van der Waals surface area contributed by atoms with E-state index in [1.54, 1.807) is 0 Å². The Morgan fingerprint density at radius 2 is 1.71 bits per heavy atom. The smallest absolute Gasteiger partial charge is 0.191 e. The zero-order chi connectivity index (χ0) is 13.8. The van der Waals surface area contributed by atoms with Crippen LogP contribution in [0.2, 0.25) is 0 Å². The maximum Gasteiger partial charge on any atom is 0.191 e. The van der Waals surface area contributed by atoms with Crippen molar-refractivity contribution in [3.63, 3.8) is 0 Å². The Balaban J connectivity index is 0.00000161. The zero-order valence-corrected chi connectivity index (χ0v) is 15.6. The normalized spacial score (nSPS) is 28.2. The monoisotopic (exact) mass is 406 g/mol. The fraction of sp³-hybridized carbons (Fsp3) is 0.938. The summed E-state index contributed by atoms with van der Waals surface area (Å²) in [5.74, 6) is 1.05. The summed E-state index contributed by atoms with van der Waals surface area (Å²) in [5.41, 5.74) is 0. The first-order valence-corrected chi connectivity index (χ1v) is 8.66. The van der Waals surface area contributed by atoms with Crippen LogP contribution in [0.25, 0.3) is 0 Å². The first-order chi connectivity index (χ1) is 9.85. The minimum absolute atomic E-state index is 0. The molecule has 1 saturated heterocycles. The summed E-state index contributed by atoms with van der Waals surface area (Å²) in [6, 6.07) is 2.13. The van der Waals surface area contributed by atoms with E-state index in [-0.39, 0.29) is 24.0 Å². The van der Waals surface area contributed by atoms with Crippen LogP contribution in [0.15, 0.2) is 4.99 Å². The molecule has 4 nitrogen and oxygen atoms in total. The molecule has 1 aliphatic heterocycles. The van der Waals surface area contributed by atoms with E-state index in [9.17, 15) is 0 Å². The third-order valence-corrected chi connectivity index (χ3v) is 5.16. The molecular formula is C16H31IN4. The number of likely N-dealkylation sites (tertiary alicyclic amines) is 1. The average molecular weight is 406 g/mol. The molecule has 2 aliphatic carbocycles. The highest BCUT2D eigenvalue weighted by Crippen LogP contribution is 2.26. The van der Waals surface area contributed by atoms with Crippen molar-refractivity contribution < 1.29 is 0 Å². The molecule has 0 bridgehead atoms. The number of nitrogens with one attached hydrogen (secondary N) is 2. The third-order valence-electron chi connectivity index (χ3n) is 5.16. The van der Waals surface area contributed by atoms with Crippen molar-refractivity contribution in [2.75, 3.05) is 19.6 Å². The lowest BCUT2D eigenvalue weighted by Gasteiger charge is -2.30. The molecule has 5 heteroatoms. The molecule has 1 unspecified atom stereocenters. The van der Waals surface area contributed by atoms with Gasteiger partial charge in [0, 0.05) is 37.8 Å². The Labute approximate surface area is 146 Å². The van der Waals surface area contributed by atoms with E-state index in [2.05, 4.69) is 27.4 Å². The Hall–Kier alpha value is -0.0400. The van der Waals surface area contributed by atoms with Gasteiger partial charge in [0.2, 0.25) is 0 Å². The quantitative estimate of drug-likeness (QED) is 0.429. The van der Waals surface area contributed by atoms with Gasteiger partial charge in [0.05, 0.1) is 0 Å². The van der Waals surface area contributed by atoms with Crippen LogP contribution in [0.3, 0.4) is 0 Å². The van der Waals surface area contributed by atoms with Crippen molar-refractivity contribution >= 4 is 29.9 Å². The fourth-order valence-corrected chi connectivity index (χ4v) is 3.74. The molecule has 3 fully saturated rings. The second-order valence-electron chi connectivity index (χ2n) is 6.66. The lowest BCUT2D eigenvalue weighted by molar-refractivity contribution is 0.242. The highest BCUT2D eigenvalue weighted by atomic mass is 127. The van der Waals surface area contributed by atoms with Gasteiger partial charge in [-0.2, -0.15) is 0 Å². The molecular weight excluding hydrogens is 375 g/mol. The summed E-state index contributed by atoms with van der Waals surface area (Å²) in [4.78, 5) is 7.31. The molecule has 1 atom stereocenters. The SMILES string of the molecule is CCN=C(NC1CCC1)NC1CCN(C2CCCC2)C1.I. The molecule has 0 radical (unpaired) electrons. The molecule has 1 heterocycles. The van der Waals surface area contributed by atoms with Crippen LogP contribution in [0, 0.1) is 0 Å². The molecule has 3 aliphatic rings. The highest BCUT2D eigenvalue weighted by Gasteiger charge is 2.30. The summed E-state index contributed by atoms with van der Waals surface area (Å²) in [6.07, 6.45) is 11.0. The second kappa shape index (κ2) is 8.56. The predicted molar refractivity (Wildman–Crippen MR) is 99.5 cm³/mol. The molecule has 21 heavy (non-hydrogen) atoms. The van der Waals surface area contributed by atoms with E-state index < -0.39 is 0 Å². The molecule has 2 saturated carbocycles. The number of hydrogen-bond donors (Lipinski definition) is 2. The Morgan fingerprint density at radius 1 is 1.00 bits per heavy atom. The molecule has 0 aromatic rings. The molecule has 2 N–H and O–H groups in total. The maximum atomic E-state index is 4.61. The first-order valence-electron chi connectivity index (χ1n) is 8.66. The molecule has 0 spiro atoms. The van der Waals surface area contributed by atoms with Crippen LogP contribution in [-0.4, -0.2) is 48.6 Å². The van der Waals surface area contributed by atoms with Crippen molar-refractivity contribution in [3.05, 3.63) is 0 Å². The van der Waals surface area contributed by atoms with Crippen LogP contribution in [0.5, 0.6) is 0 Å². The number of rotatable bonds is 4. The average Bonchev–Trinajstić information content (AvgIpc) is 3.04. The van der Waals surface area contributed by atoms with Crippen molar-refractivity contribution in [3.8, 4) is 0 Å². The van der Waals surface area contributed by atoms with E-state index in [0.29, 0.717) is 12.1 Å². The van der Waals surface area contributed by atoms with Gasteiger partial charge >= 0.3 is 0 Å². The molecule has 0 aromatic carbocycles. The van der Waals surface area contributed by atoms with Crippen molar-refractivity contribution in [1.29, 1.82) is 0 Å². The van der Waals surface area contributed by atoms with Gasteiger partial charge in [0.15, 0.2) is 5.96 Å². The van der Waals surface area contributed by atoms with Gasteiger partial charge in [-0.1, -0.05) is 12.8 Å². The van der Waals surface area contributed by atoms with Gasteiger partial charge in [0.25, 0.3) is 0 Å². The summed E-state index contributed by atoms with van der Waals surface area (Å²) in [5, 5.41) is 7.25. The third kappa shape index (κ3) is 4.71. The van der Waals surface area contributed by atoms with Crippen LogP contribution < -0.4 is 10.6 Å². The molecule has 122 valence electrons. The lowest BCUT2D eigenvalue weighted by atomic mass is 9.93. The van der Waals surface area contributed by atoms with E-state index in [4.69, 9.17) is 0 Å². The standard InChI is InChI=1S/C16H30N4.HI/c1-2-17-16(18-13-6-5-7-13)19-14-10-11-20(12-14)15-8-3-4-9-15;/h13-15H,2-12H2,1H3,(H2,17,18,19);1H. The second-order valence-corrected chi connectivity index (χ2v) is 6.66. The minimum atomic E-state index is 0. The maximum absolute atomic E-state index is 4.61. The minimum Gasteiger partial charge on any atom is -0.354 e. The van der Waals surface area contributed by atoms with Crippen LogP contribution in [0.4, 0.5) is 0 Å². The van der Waals surface area contributed by atoms with Crippen LogP contribution in [0.1, 0.15) is 58.3 Å². The van der Waals surface area contributed by atoms with E-state index in [1.165, 1.54) is 64.5 Å². The van der Waals surface area contributed by atoms with E-state index in [1.807, 2.05) is 0 Å². The topological polar surface area (TPSA) is 39.7 Å². The molecule has 3 rings (SSSR count). The van der Waals surface area contributed by atoms with Crippen LogP contribution in [-0.2, 0) is 0 Å². The number of aliphatic imine (C=N–C) groups is 1. The number of hydrogen-bond acceptors (Lipinski definition) is 2. The number of nitrogens with zero attached hydrogens (tertiary/aromatic N) is 2. The summed E-state index contributed by atoms with van der Waals surface area (Å²) < 4.78 is 0. The number of guanidine groups is 1. The lowest BCUT2D eigenvalue weighted by Crippen LogP contribution is -2.50. The zero-order valence-electron chi connectivity index (χ0n) is 13.3. The number of halogens is 1. The summed E-state index contributed by atoms with van der Waals surface area (Å²) >= 11 is 0. The van der Waals surface area contributed by atoms with Crippen molar-refractivity contribution in [1.82, 2.24) is 15.5 Å². The van der Waals surface area contributed by atoms with Crippen LogP contribution >= 0.6 is 24.0 Å². The van der Waals surface area contributed by atoms with Gasteiger partial charge in [0.1, 0.15) is 0 Å². The van der Waals surface area contributed by atoms with Gasteiger partial charge < -0.3 is 10.6 Å². The van der Waals surface area contributed by atoms with Gasteiger partial charge in [-0.15, -0.1) is 24.0 Å². The van der Waals surface area contributed by atoms with Gasteiger partial charge in [-0.05, 0) is 45.4 Å². The van der Waals surface area contributed by atoms with Crippen molar-refractivity contribution in [2.45, 2.75) is 76.4 Å². The summed E-state index contributed by atoms with van der Waals surface area (Å²) in [7, 11) is 0. The first kappa shape index (κ1) is 17.3. The molecule has 0 amide bonds. The summed E-state index contributed by atoms with van der Waals surface area (Å²) in [6.45, 7) is 5.45. The highest BCUT2D eigenvalue weighted by molar-refractivity contribution is 14.0. The Kier molecular flexibility index (Phi) is 7.05. The van der Waals surface area contributed by atoms with E-state index in [0.717, 1.165) is 18.5 Å². The van der Waals surface area contributed by atoms with E-state index >= 15 is 0 Å². The Morgan fingerprint density at radius 3 is 2.33 bits per heavy atom. The van der Waals surface area contributed by atoms with Gasteiger partial charge in [-0.25, -0.2) is 0 Å². The Bertz CT molecular complexity index is 337. The van der Waals surface area contributed by atoms with Crippen molar-refractivity contribution in [2.24, 2.45) is 4.99 Å². The van der Waals surface area contributed by atoms with Gasteiger partial charge in [-0.3, -0.25) is 9.89 Å². The molecule has 0 aromatic heterocycles. The largest absolute Gasteiger partial charge is 0.354 e.